The molecule has 0 N–H and O–H groups in total. The SMILES string of the molecule is O=C(COc1ccccc1F)N1CCC(Oc2nccs2)C1. The van der Waals surface area contributed by atoms with Crippen molar-refractivity contribution in [1.82, 2.24) is 9.88 Å². The average Bonchev–Trinajstić information content (AvgIpc) is 3.18. The fourth-order valence-electron chi connectivity index (χ4n) is 2.25. The molecule has 3 rings (SSSR count). The van der Waals surface area contributed by atoms with Crippen LogP contribution in [0, 0.1) is 5.82 Å². The number of benzene rings is 1. The number of carbonyl (C=O) groups excluding carboxylic acids is 1. The number of hydrogen-bond acceptors (Lipinski definition) is 5. The van der Waals surface area contributed by atoms with E-state index in [0.29, 0.717) is 18.3 Å². The van der Waals surface area contributed by atoms with Crippen molar-refractivity contribution in [3.05, 3.63) is 41.7 Å². The number of hydrogen-bond donors (Lipinski definition) is 0. The van der Waals surface area contributed by atoms with E-state index in [4.69, 9.17) is 9.47 Å². The highest BCUT2D eigenvalue weighted by Crippen LogP contribution is 2.21. The lowest BCUT2D eigenvalue weighted by Gasteiger charge is -2.17. The molecule has 2 heterocycles. The summed E-state index contributed by atoms with van der Waals surface area (Å²) in [6.45, 7) is 0.930. The van der Waals surface area contributed by atoms with Crippen molar-refractivity contribution in [2.75, 3.05) is 19.7 Å². The maximum absolute atomic E-state index is 13.4. The van der Waals surface area contributed by atoms with Crippen LogP contribution in [0.15, 0.2) is 35.8 Å². The summed E-state index contributed by atoms with van der Waals surface area (Å²) < 4.78 is 24.3. The Kier molecular flexibility index (Phi) is 4.53. The van der Waals surface area contributed by atoms with Crippen LogP contribution < -0.4 is 9.47 Å². The summed E-state index contributed by atoms with van der Waals surface area (Å²) in [5.74, 6) is -0.555. The van der Waals surface area contributed by atoms with Crippen molar-refractivity contribution in [3.8, 4) is 10.9 Å². The van der Waals surface area contributed by atoms with Gasteiger partial charge in [0.2, 0.25) is 0 Å². The first-order valence-corrected chi connectivity index (χ1v) is 7.81. The fraction of sp³-hybridized carbons (Fsp3) is 0.333. The Balaban J connectivity index is 1.48. The first-order valence-electron chi connectivity index (χ1n) is 6.93. The van der Waals surface area contributed by atoms with Crippen LogP contribution in [0.25, 0.3) is 0 Å². The van der Waals surface area contributed by atoms with Gasteiger partial charge in [-0.25, -0.2) is 9.37 Å². The van der Waals surface area contributed by atoms with Crippen LogP contribution in [-0.4, -0.2) is 41.6 Å². The van der Waals surface area contributed by atoms with Crippen molar-refractivity contribution in [1.29, 1.82) is 0 Å². The topological polar surface area (TPSA) is 51.7 Å². The van der Waals surface area contributed by atoms with Gasteiger partial charge in [-0.05, 0) is 12.1 Å². The number of nitrogens with zero attached hydrogens (tertiary/aromatic N) is 2. The lowest BCUT2D eigenvalue weighted by molar-refractivity contribution is -0.132. The molecule has 1 aliphatic rings. The van der Waals surface area contributed by atoms with Crippen LogP contribution >= 0.6 is 11.3 Å². The number of rotatable bonds is 5. The third-order valence-corrected chi connectivity index (χ3v) is 4.02. The van der Waals surface area contributed by atoms with Crippen LogP contribution in [0.1, 0.15) is 6.42 Å². The summed E-state index contributed by atoms with van der Waals surface area (Å²) in [6, 6.07) is 6.04. The second-order valence-electron chi connectivity index (χ2n) is 4.89. The van der Waals surface area contributed by atoms with E-state index < -0.39 is 5.82 Å². The number of ether oxygens (including phenoxy) is 2. The normalized spacial score (nSPS) is 17.5. The molecular formula is C15H15FN2O3S. The zero-order chi connectivity index (χ0) is 15.4. The van der Waals surface area contributed by atoms with E-state index in [9.17, 15) is 9.18 Å². The molecule has 1 atom stereocenters. The predicted octanol–water partition coefficient (Wildman–Crippen LogP) is 2.34. The summed E-state index contributed by atoms with van der Waals surface area (Å²) in [7, 11) is 0. The number of aromatic nitrogens is 1. The Morgan fingerprint density at radius 3 is 3.09 bits per heavy atom. The van der Waals surface area contributed by atoms with Crippen molar-refractivity contribution in [3.63, 3.8) is 0 Å². The van der Waals surface area contributed by atoms with Gasteiger partial charge in [0.15, 0.2) is 18.2 Å². The summed E-state index contributed by atoms with van der Waals surface area (Å²) in [5.41, 5.74) is 0. The lowest BCUT2D eigenvalue weighted by Crippen LogP contribution is -2.34. The molecule has 1 saturated heterocycles. The van der Waals surface area contributed by atoms with Gasteiger partial charge in [-0.3, -0.25) is 4.79 Å². The van der Waals surface area contributed by atoms with Gasteiger partial charge in [0.25, 0.3) is 11.1 Å². The zero-order valence-electron chi connectivity index (χ0n) is 11.8. The molecule has 2 aromatic rings. The molecule has 116 valence electrons. The molecule has 22 heavy (non-hydrogen) atoms. The molecule has 1 aromatic heterocycles. The Morgan fingerprint density at radius 1 is 1.45 bits per heavy atom. The minimum absolute atomic E-state index is 0.0523. The molecule has 7 heteroatoms. The molecule has 1 amide bonds. The van der Waals surface area contributed by atoms with Crippen LogP contribution in [-0.2, 0) is 4.79 Å². The Labute approximate surface area is 131 Å². The first kappa shape index (κ1) is 14.8. The number of halogens is 1. The summed E-state index contributed by atoms with van der Waals surface area (Å²) >= 11 is 1.43. The van der Waals surface area contributed by atoms with E-state index in [1.807, 2.05) is 5.38 Å². The highest BCUT2D eigenvalue weighted by molar-refractivity contribution is 7.11. The Bertz CT molecular complexity index is 635. The molecule has 0 aliphatic carbocycles. The van der Waals surface area contributed by atoms with Gasteiger partial charge in [-0.1, -0.05) is 23.5 Å². The summed E-state index contributed by atoms with van der Waals surface area (Å²) in [4.78, 5) is 17.8. The Morgan fingerprint density at radius 2 is 2.32 bits per heavy atom. The first-order chi connectivity index (χ1) is 10.7. The third-order valence-electron chi connectivity index (χ3n) is 3.36. The molecular weight excluding hydrogens is 307 g/mol. The van der Waals surface area contributed by atoms with Gasteiger partial charge >= 0.3 is 0 Å². The molecule has 0 saturated carbocycles. The monoisotopic (exact) mass is 322 g/mol. The number of carbonyl (C=O) groups is 1. The molecule has 0 spiro atoms. The largest absolute Gasteiger partial charge is 0.481 e. The van der Waals surface area contributed by atoms with Crippen molar-refractivity contribution >= 4 is 17.2 Å². The van der Waals surface area contributed by atoms with Gasteiger partial charge in [0, 0.05) is 24.5 Å². The maximum atomic E-state index is 13.4. The molecule has 1 fully saturated rings. The number of para-hydroxylation sites is 1. The Hall–Kier alpha value is -2.15. The van der Waals surface area contributed by atoms with Crippen molar-refractivity contribution in [2.24, 2.45) is 0 Å². The lowest BCUT2D eigenvalue weighted by atomic mass is 10.3. The van der Waals surface area contributed by atoms with Crippen LogP contribution in [0.2, 0.25) is 0 Å². The molecule has 0 bridgehead atoms. The quantitative estimate of drug-likeness (QED) is 0.848. The van der Waals surface area contributed by atoms with E-state index in [2.05, 4.69) is 4.98 Å². The molecule has 5 nitrogen and oxygen atoms in total. The van der Waals surface area contributed by atoms with E-state index in [1.165, 1.54) is 23.5 Å². The predicted molar refractivity (Wildman–Crippen MR) is 79.6 cm³/mol. The molecule has 1 unspecified atom stereocenters. The van der Waals surface area contributed by atoms with Crippen LogP contribution in [0.4, 0.5) is 4.39 Å². The highest BCUT2D eigenvalue weighted by atomic mass is 32.1. The minimum atomic E-state index is -0.471. The van der Waals surface area contributed by atoms with Crippen LogP contribution in [0.5, 0.6) is 10.9 Å². The minimum Gasteiger partial charge on any atom is -0.481 e. The van der Waals surface area contributed by atoms with Gasteiger partial charge in [0.1, 0.15) is 6.10 Å². The van der Waals surface area contributed by atoms with E-state index in [1.54, 1.807) is 23.2 Å². The van der Waals surface area contributed by atoms with E-state index in [0.717, 1.165) is 6.42 Å². The number of likely N-dealkylation sites (tertiary alicyclic amines) is 1. The van der Waals surface area contributed by atoms with Crippen molar-refractivity contribution < 1.29 is 18.7 Å². The molecule has 0 radical (unpaired) electrons. The second-order valence-corrected chi connectivity index (χ2v) is 5.74. The third kappa shape index (κ3) is 3.54. The number of amides is 1. The van der Waals surface area contributed by atoms with Crippen molar-refractivity contribution in [2.45, 2.75) is 12.5 Å². The van der Waals surface area contributed by atoms with Gasteiger partial charge in [-0.15, -0.1) is 0 Å². The molecule has 1 aliphatic heterocycles. The standard InChI is InChI=1S/C15H15FN2O3S/c16-12-3-1-2-4-13(12)20-10-14(19)18-7-5-11(9-18)21-15-17-6-8-22-15/h1-4,6,8,11H,5,7,9-10H2. The second kappa shape index (κ2) is 6.74. The summed E-state index contributed by atoms with van der Waals surface area (Å²) in [6.07, 6.45) is 2.38. The maximum Gasteiger partial charge on any atom is 0.273 e. The molecule has 1 aromatic carbocycles. The van der Waals surface area contributed by atoms with E-state index >= 15 is 0 Å². The van der Waals surface area contributed by atoms with Gasteiger partial charge < -0.3 is 14.4 Å². The summed E-state index contributed by atoms with van der Waals surface area (Å²) in [5, 5.41) is 2.46. The smallest absolute Gasteiger partial charge is 0.273 e. The van der Waals surface area contributed by atoms with Gasteiger partial charge in [0.05, 0.1) is 6.54 Å². The van der Waals surface area contributed by atoms with E-state index in [-0.39, 0.29) is 24.4 Å². The number of thiazole rings is 1. The van der Waals surface area contributed by atoms with Crippen LogP contribution in [0.3, 0.4) is 0 Å². The fourth-order valence-corrected chi connectivity index (χ4v) is 2.81. The zero-order valence-corrected chi connectivity index (χ0v) is 12.6. The van der Waals surface area contributed by atoms with Gasteiger partial charge in [-0.2, -0.15) is 0 Å². The average molecular weight is 322 g/mol. The highest BCUT2D eigenvalue weighted by Gasteiger charge is 2.28.